The molecule has 1 aliphatic rings. The van der Waals surface area contributed by atoms with Crippen molar-refractivity contribution in [2.45, 2.75) is 25.2 Å². The van der Waals surface area contributed by atoms with E-state index in [0.29, 0.717) is 5.75 Å². The van der Waals surface area contributed by atoms with Crippen molar-refractivity contribution in [1.29, 1.82) is 0 Å². The molecule has 0 bridgehead atoms. The van der Waals surface area contributed by atoms with Crippen LogP contribution in [0.4, 0.5) is 0 Å². The van der Waals surface area contributed by atoms with Gasteiger partial charge in [-0.05, 0) is 5.75 Å². The molecule has 15 heavy (non-hydrogen) atoms. The molecule has 0 saturated carbocycles. The summed E-state index contributed by atoms with van der Waals surface area (Å²) < 4.78 is 4.64. The number of hydrogen-bond donors (Lipinski definition) is 1. The van der Waals surface area contributed by atoms with Gasteiger partial charge in [-0.1, -0.05) is 18.7 Å². The van der Waals surface area contributed by atoms with Gasteiger partial charge in [-0.15, -0.1) is 0 Å². The van der Waals surface area contributed by atoms with Gasteiger partial charge < -0.3 is 5.11 Å². The zero-order chi connectivity index (χ0) is 11.6. The molecule has 84 valence electrons. The molecule has 2 atom stereocenters. The van der Waals surface area contributed by atoms with E-state index in [-0.39, 0.29) is 0 Å². The van der Waals surface area contributed by atoms with Crippen LogP contribution in [-0.4, -0.2) is 38.7 Å². The number of aliphatic carboxylic acids is 1. The fourth-order valence-electron chi connectivity index (χ4n) is 1.17. The van der Waals surface area contributed by atoms with Crippen LogP contribution in [-0.2, 0) is 14.3 Å². The van der Waals surface area contributed by atoms with Crippen LogP contribution in [0, 0.1) is 10.1 Å². The van der Waals surface area contributed by atoms with Gasteiger partial charge in [0.05, 0.1) is 11.3 Å². The average Bonchev–Trinajstić information content (AvgIpc) is 2.79. The minimum atomic E-state index is -2.13. The number of hydrogen-bond acceptors (Lipinski definition) is 6. The maximum atomic E-state index is 11.4. The summed E-state index contributed by atoms with van der Waals surface area (Å²) in [7, 11) is 0. The lowest BCUT2D eigenvalue weighted by Gasteiger charge is -2.00. The Kier molecular flexibility index (Phi) is 3.30. The zero-order valence-electron chi connectivity index (χ0n) is 7.84. The van der Waals surface area contributed by atoms with E-state index in [4.69, 9.17) is 5.11 Å². The van der Waals surface area contributed by atoms with Crippen molar-refractivity contribution >= 4 is 22.8 Å². The first-order valence-corrected chi connectivity index (χ1v) is 5.15. The van der Waals surface area contributed by atoms with Crippen LogP contribution in [0.3, 0.4) is 0 Å². The van der Waals surface area contributed by atoms with Gasteiger partial charge in [0.1, 0.15) is 0 Å². The van der Waals surface area contributed by atoms with Crippen LogP contribution in [0.1, 0.15) is 13.3 Å². The van der Waals surface area contributed by atoms with Gasteiger partial charge in [0.25, 0.3) is 5.12 Å². The van der Waals surface area contributed by atoms with Gasteiger partial charge in [-0.3, -0.25) is 24.4 Å². The number of carboxylic acids is 1. The van der Waals surface area contributed by atoms with Crippen LogP contribution in [0.2, 0.25) is 0 Å². The topological polar surface area (TPSA) is 110 Å². The number of ether oxygens (including phenoxy) is 1. The summed E-state index contributed by atoms with van der Waals surface area (Å²) in [6.45, 7) is 1.67. The Balaban J connectivity index is 2.73. The van der Waals surface area contributed by atoms with E-state index in [1.807, 2.05) is 0 Å². The van der Waals surface area contributed by atoms with Crippen molar-refractivity contribution in [3.63, 3.8) is 0 Å². The van der Waals surface area contributed by atoms with E-state index >= 15 is 0 Å². The summed E-state index contributed by atoms with van der Waals surface area (Å²) in [5, 5.41) is 18.3. The molecule has 2 unspecified atom stereocenters. The van der Waals surface area contributed by atoms with Crippen molar-refractivity contribution in [2.75, 3.05) is 5.75 Å². The number of thioether (sulfide) groups is 1. The lowest BCUT2D eigenvalue weighted by molar-refractivity contribution is -0.544. The lowest BCUT2D eigenvalue weighted by Crippen LogP contribution is -2.35. The van der Waals surface area contributed by atoms with E-state index in [2.05, 4.69) is 4.74 Å². The molecular formula is C7H9NO6S. The first-order chi connectivity index (χ1) is 6.95. The molecule has 1 aliphatic heterocycles. The van der Waals surface area contributed by atoms with Gasteiger partial charge in [-0.2, -0.15) is 0 Å². The second-order valence-electron chi connectivity index (χ2n) is 2.88. The Hall–Kier alpha value is -1.15. The molecule has 0 aliphatic carbocycles. The Morgan fingerprint density at radius 1 is 1.67 bits per heavy atom. The number of carbonyl (C=O) groups excluding carboxylic acids is 1. The third kappa shape index (κ3) is 2.10. The molecule has 0 radical (unpaired) electrons. The van der Waals surface area contributed by atoms with Crippen LogP contribution in [0.15, 0.2) is 0 Å². The number of carbonyl (C=O) groups is 2. The molecule has 1 N–H and O–H groups in total. The van der Waals surface area contributed by atoms with E-state index in [9.17, 15) is 19.7 Å². The van der Waals surface area contributed by atoms with Crippen molar-refractivity contribution in [3.8, 4) is 0 Å². The first-order valence-electron chi connectivity index (χ1n) is 4.16. The SMILES string of the molecule is CCSC(=O)C1([N+](=O)[O-])OC1CC(=O)O. The van der Waals surface area contributed by atoms with Crippen LogP contribution >= 0.6 is 11.8 Å². The second-order valence-corrected chi connectivity index (χ2v) is 4.12. The minimum Gasteiger partial charge on any atom is -0.481 e. The molecule has 1 fully saturated rings. The molecular weight excluding hydrogens is 226 g/mol. The number of carboxylic acid groups (broad SMARTS) is 1. The monoisotopic (exact) mass is 235 g/mol. The van der Waals surface area contributed by atoms with Crippen LogP contribution in [0.25, 0.3) is 0 Å². The molecule has 0 amide bonds. The van der Waals surface area contributed by atoms with Gasteiger partial charge in [-0.25, -0.2) is 0 Å². The highest BCUT2D eigenvalue weighted by molar-refractivity contribution is 8.13. The van der Waals surface area contributed by atoms with E-state index in [1.54, 1.807) is 6.92 Å². The van der Waals surface area contributed by atoms with Crippen molar-refractivity contribution in [2.24, 2.45) is 0 Å². The molecule has 1 rings (SSSR count). The first kappa shape index (κ1) is 11.9. The smallest absolute Gasteiger partial charge is 0.421 e. The maximum absolute atomic E-state index is 11.4. The number of epoxide rings is 1. The summed E-state index contributed by atoms with van der Waals surface area (Å²) in [5.41, 5.74) is -2.13. The number of nitro groups is 1. The Bertz CT molecular complexity index is 319. The fraction of sp³-hybridized carbons (Fsp3) is 0.714. The normalized spacial score (nSPS) is 28.5. The molecule has 0 aromatic heterocycles. The summed E-state index contributed by atoms with van der Waals surface area (Å²) >= 11 is 0.761. The van der Waals surface area contributed by atoms with Gasteiger partial charge in [0.15, 0.2) is 6.10 Å². The Morgan fingerprint density at radius 3 is 2.67 bits per heavy atom. The minimum absolute atomic E-state index is 0.386. The lowest BCUT2D eigenvalue weighted by atomic mass is 10.2. The standard InChI is InChI=1S/C7H9NO6S/c1-2-15-6(11)7(8(12)13)4(14-7)3-5(9)10/h4H,2-3H2,1H3,(H,9,10). The highest BCUT2D eigenvalue weighted by Gasteiger charge is 2.75. The molecule has 0 aromatic rings. The number of nitrogens with zero attached hydrogens (tertiary/aromatic N) is 1. The third-order valence-corrected chi connectivity index (χ3v) is 2.74. The average molecular weight is 235 g/mol. The predicted molar refractivity (Wildman–Crippen MR) is 50.0 cm³/mol. The van der Waals surface area contributed by atoms with Crippen molar-refractivity contribution < 1.29 is 24.4 Å². The zero-order valence-corrected chi connectivity index (χ0v) is 8.65. The molecule has 0 spiro atoms. The van der Waals surface area contributed by atoms with Crippen LogP contribution in [0.5, 0.6) is 0 Å². The Morgan fingerprint density at radius 2 is 2.27 bits per heavy atom. The molecule has 7 nitrogen and oxygen atoms in total. The summed E-state index contributed by atoms with van der Waals surface area (Å²) in [5.74, 6) is -0.838. The highest BCUT2D eigenvalue weighted by atomic mass is 32.2. The summed E-state index contributed by atoms with van der Waals surface area (Å²) in [4.78, 5) is 31.5. The maximum Gasteiger partial charge on any atom is 0.421 e. The van der Waals surface area contributed by atoms with E-state index in [1.165, 1.54) is 0 Å². The van der Waals surface area contributed by atoms with Gasteiger partial charge >= 0.3 is 11.7 Å². The summed E-state index contributed by atoms with van der Waals surface area (Å²) in [6.07, 6.45) is -1.67. The summed E-state index contributed by atoms with van der Waals surface area (Å²) in [6, 6.07) is 0. The number of rotatable bonds is 5. The van der Waals surface area contributed by atoms with E-state index < -0.39 is 34.3 Å². The molecule has 0 aromatic carbocycles. The fourth-order valence-corrected chi connectivity index (χ4v) is 1.89. The van der Waals surface area contributed by atoms with E-state index in [0.717, 1.165) is 11.8 Å². The van der Waals surface area contributed by atoms with Gasteiger partial charge in [0.2, 0.25) is 0 Å². The van der Waals surface area contributed by atoms with Crippen LogP contribution < -0.4 is 0 Å². The Labute approximate surface area is 88.9 Å². The molecule has 1 saturated heterocycles. The van der Waals surface area contributed by atoms with Crippen molar-refractivity contribution in [1.82, 2.24) is 0 Å². The largest absolute Gasteiger partial charge is 0.481 e. The second kappa shape index (κ2) is 4.15. The quantitative estimate of drug-likeness (QED) is 0.409. The predicted octanol–water partition coefficient (Wildman–Crippen LogP) is 0.113. The molecule has 1 heterocycles. The molecule has 8 heteroatoms. The highest BCUT2D eigenvalue weighted by Crippen LogP contribution is 2.42. The van der Waals surface area contributed by atoms with Gasteiger partial charge in [0, 0.05) is 0 Å². The van der Waals surface area contributed by atoms with Crippen molar-refractivity contribution in [3.05, 3.63) is 10.1 Å². The third-order valence-electron chi connectivity index (χ3n) is 1.90.